The highest BCUT2D eigenvalue weighted by molar-refractivity contribution is 9.10. The first-order valence-corrected chi connectivity index (χ1v) is 11.1. The summed E-state index contributed by atoms with van der Waals surface area (Å²) in [5.41, 5.74) is 5.19. The van der Waals surface area contributed by atoms with Gasteiger partial charge in [-0.15, -0.1) is 0 Å². The number of hydrogen-bond acceptors (Lipinski definition) is 3. The molecule has 30 heavy (non-hydrogen) atoms. The number of nitrogens with zero attached hydrogens (tertiary/aromatic N) is 1. The third kappa shape index (κ3) is 3.00. The molecule has 1 aliphatic carbocycles. The van der Waals surface area contributed by atoms with E-state index in [1.807, 2.05) is 6.92 Å². The van der Waals surface area contributed by atoms with Crippen LogP contribution in [0.2, 0.25) is 0 Å². The summed E-state index contributed by atoms with van der Waals surface area (Å²) in [4.78, 5) is 18.6. The zero-order valence-electron chi connectivity index (χ0n) is 16.8. The molecular formula is C25H23BrN2O2. The molecule has 1 fully saturated rings. The van der Waals surface area contributed by atoms with Crippen molar-refractivity contribution in [3.05, 3.63) is 94.0 Å². The first-order valence-electron chi connectivity index (χ1n) is 10.3. The summed E-state index contributed by atoms with van der Waals surface area (Å²) in [5.74, 6) is -0.0363. The van der Waals surface area contributed by atoms with Gasteiger partial charge in [-0.1, -0.05) is 76.6 Å². The minimum absolute atomic E-state index is 0.0363. The van der Waals surface area contributed by atoms with Crippen LogP contribution in [-0.2, 0) is 15.2 Å². The van der Waals surface area contributed by atoms with Gasteiger partial charge in [-0.05, 0) is 53.3 Å². The van der Waals surface area contributed by atoms with E-state index in [1.54, 1.807) is 0 Å². The number of carbonyl (C=O) groups is 1. The average molecular weight is 463 g/mol. The van der Waals surface area contributed by atoms with Crippen molar-refractivity contribution in [3.63, 3.8) is 0 Å². The molecule has 152 valence electrons. The molecule has 1 amide bonds. The van der Waals surface area contributed by atoms with E-state index in [0.29, 0.717) is 13.2 Å². The van der Waals surface area contributed by atoms with Gasteiger partial charge in [0.15, 0.2) is 0 Å². The van der Waals surface area contributed by atoms with E-state index < -0.39 is 11.6 Å². The molecular weight excluding hydrogens is 440 g/mol. The maximum atomic E-state index is 13.1. The van der Waals surface area contributed by atoms with Crippen molar-refractivity contribution in [2.75, 3.05) is 13.2 Å². The monoisotopic (exact) mass is 462 g/mol. The molecule has 0 aromatic heterocycles. The van der Waals surface area contributed by atoms with Gasteiger partial charge in [0.25, 0.3) is 5.91 Å². The van der Waals surface area contributed by atoms with Gasteiger partial charge in [0.1, 0.15) is 0 Å². The van der Waals surface area contributed by atoms with Gasteiger partial charge >= 0.3 is 0 Å². The van der Waals surface area contributed by atoms with Gasteiger partial charge in [-0.25, -0.2) is 5.06 Å². The third-order valence-electron chi connectivity index (χ3n) is 6.03. The molecule has 0 spiro atoms. The quantitative estimate of drug-likeness (QED) is 0.601. The fourth-order valence-corrected chi connectivity index (χ4v) is 4.97. The molecule has 3 aromatic carbocycles. The Kier molecular flexibility index (Phi) is 4.97. The maximum absolute atomic E-state index is 13.1. The Labute approximate surface area is 184 Å². The summed E-state index contributed by atoms with van der Waals surface area (Å²) in [6.07, 6.45) is 0.877. The molecule has 5 rings (SSSR count). The van der Waals surface area contributed by atoms with E-state index in [0.717, 1.165) is 27.6 Å². The van der Waals surface area contributed by atoms with Crippen molar-refractivity contribution in [2.24, 2.45) is 0 Å². The normalized spacial score (nSPS) is 17.5. The fourth-order valence-electron chi connectivity index (χ4n) is 4.71. The van der Waals surface area contributed by atoms with E-state index in [2.05, 4.69) is 94.0 Å². The largest absolute Gasteiger partial charge is 0.289 e. The van der Waals surface area contributed by atoms with Gasteiger partial charge in [0, 0.05) is 4.47 Å². The SMILES string of the molecule is C[C@H](NC1(c2ccc(Br)cc2)c2ccccc2-c2ccccc21)C(=O)N1CCCO1. The van der Waals surface area contributed by atoms with Crippen molar-refractivity contribution in [2.45, 2.75) is 24.9 Å². The standard InChI is InChI=1S/C25H23BrN2O2/c1-17(24(29)28-15-6-16-30-28)27-25(18-11-13-19(26)14-12-18)22-9-4-2-7-20(22)21-8-3-5-10-23(21)25/h2-5,7-14,17,27H,6,15-16H2,1H3/t17-/m0/s1. The molecule has 0 saturated carbocycles. The summed E-state index contributed by atoms with van der Waals surface area (Å²) in [6.45, 7) is 3.17. The van der Waals surface area contributed by atoms with Crippen molar-refractivity contribution >= 4 is 21.8 Å². The third-order valence-corrected chi connectivity index (χ3v) is 6.56. The lowest BCUT2D eigenvalue weighted by Crippen LogP contribution is -2.53. The van der Waals surface area contributed by atoms with Gasteiger partial charge in [0.05, 0.1) is 24.7 Å². The maximum Gasteiger partial charge on any atom is 0.262 e. The molecule has 0 bridgehead atoms. The Bertz CT molecular complexity index is 1040. The summed E-state index contributed by atoms with van der Waals surface area (Å²) in [6, 6.07) is 24.8. The number of fused-ring (bicyclic) bond motifs is 3. The van der Waals surface area contributed by atoms with Crippen LogP contribution in [0.5, 0.6) is 0 Å². The lowest BCUT2D eigenvalue weighted by atomic mass is 9.80. The topological polar surface area (TPSA) is 41.6 Å². The predicted octanol–water partition coefficient (Wildman–Crippen LogP) is 4.86. The molecule has 1 saturated heterocycles. The minimum Gasteiger partial charge on any atom is -0.289 e. The summed E-state index contributed by atoms with van der Waals surface area (Å²) < 4.78 is 1.02. The first-order chi connectivity index (χ1) is 14.6. The molecule has 4 nitrogen and oxygen atoms in total. The first kappa shape index (κ1) is 19.5. The molecule has 3 aromatic rings. The fraction of sp³-hybridized carbons (Fsp3) is 0.240. The summed E-state index contributed by atoms with van der Waals surface area (Å²) in [5, 5.41) is 5.23. The molecule has 0 unspecified atom stereocenters. The van der Waals surface area contributed by atoms with Gasteiger partial charge in [-0.3, -0.25) is 14.9 Å². The molecule has 1 N–H and O–H groups in total. The van der Waals surface area contributed by atoms with Crippen molar-refractivity contribution < 1.29 is 9.63 Å². The second-order valence-corrected chi connectivity index (χ2v) is 8.76. The second kappa shape index (κ2) is 7.65. The van der Waals surface area contributed by atoms with Gasteiger partial charge < -0.3 is 0 Å². The van der Waals surface area contributed by atoms with Crippen LogP contribution >= 0.6 is 15.9 Å². The van der Waals surface area contributed by atoms with E-state index >= 15 is 0 Å². The number of rotatable bonds is 4. The zero-order chi connectivity index (χ0) is 20.7. The Morgan fingerprint density at radius 2 is 1.60 bits per heavy atom. The van der Waals surface area contributed by atoms with Crippen molar-refractivity contribution in [1.29, 1.82) is 0 Å². The molecule has 2 aliphatic rings. The van der Waals surface area contributed by atoms with Gasteiger partial charge in [-0.2, -0.15) is 0 Å². The van der Waals surface area contributed by atoms with Crippen LogP contribution in [0.15, 0.2) is 77.3 Å². The highest BCUT2D eigenvalue weighted by Gasteiger charge is 2.46. The highest BCUT2D eigenvalue weighted by Crippen LogP contribution is 2.51. The average Bonchev–Trinajstić information content (AvgIpc) is 3.41. The van der Waals surface area contributed by atoms with E-state index in [4.69, 9.17) is 4.84 Å². The predicted molar refractivity (Wildman–Crippen MR) is 121 cm³/mol. The summed E-state index contributed by atoms with van der Waals surface area (Å²) in [7, 11) is 0. The van der Waals surface area contributed by atoms with Crippen LogP contribution in [0, 0.1) is 0 Å². The number of halogens is 1. The second-order valence-electron chi connectivity index (χ2n) is 7.84. The molecule has 1 atom stereocenters. The Morgan fingerprint density at radius 1 is 1.00 bits per heavy atom. The van der Waals surface area contributed by atoms with E-state index in [1.165, 1.54) is 16.2 Å². The number of benzene rings is 3. The van der Waals surface area contributed by atoms with E-state index in [-0.39, 0.29) is 5.91 Å². The van der Waals surface area contributed by atoms with Gasteiger partial charge in [0.2, 0.25) is 0 Å². The lowest BCUT2D eigenvalue weighted by Gasteiger charge is -2.37. The van der Waals surface area contributed by atoms with Crippen LogP contribution in [0.4, 0.5) is 0 Å². The Balaban J connectivity index is 1.68. The molecule has 1 aliphatic heterocycles. The molecule has 0 radical (unpaired) electrons. The molecule has 1 heterocycles. The lowest BCUT2D eigenvalue weighted by molar-refractivity contribution is -0.171. The number of hydrogen-bond donors (Lipinski definition) is 1. The molecule has 5 heteroatoms. The van der Waals surface area contributed by atoms with E-state index in [9.17, 15) is 4.79 Å². The minimum atomic E-state index is -0.622. The van der Waals surface area contributed by atoms with Crippen molar-refractivity contribution in [3.8, 4) is 11.1 Å². The Hall–Kier alpha value is -2.47. The summed E-state index contributed by atoms with van der Waals surface area (Å²) >= 11 is 3.56. The smallest absolute Gasteiger partial charge is 0.262 e. The van der Waals surface area contributed by atoms with Crippen LogP contribution < -0.4 is 5.32 Å². The Morgan fingerprint density at radius 3 is 2.17 bits per heavy atom. The van der Waals surface area contributed by atoms with Crippen LogP contribution in [0.3, 0.4) is 0 Å². The number of carbonyl (C=O) groups excluding carboxylic acids is 1. The van der Waals surface area contributed by atoms with Crippen LogP contribution in [-0.4, -0.2) is 30.2 Å². The van der Waals surface area contributed by atoms with Crippen LogP contribution in [0.25, 0.3) is 11.1 Å². The number of amides is 1. The highest BCUT2D eigenvalue weighted by atomic mass is 79.9. The zero-order valence-corrected chi connectivity index (χ0v) is 18.4. The van der Waals surface area contributed by atoms with Crippen molar-refractivity contribution in [1.82, 2.24) is 10.4 Å². The number of hydroxylamine groups is 2. The number of nitrogens with one attached hydrogen (secondary N) is 1. The van der Waals surface area contributed by atoms with Crippen LogP contribution in [0.1, 0.15) is 30.0 Å².